The number of carbonyl (C=O) groups excluding carboxylic acids is 2. The van der Waals surface area contributed by atoms with Gasteiger partial charge in [-0.05, 0) is 41.7 Å². The Morgan fingerprint density at radius 2 is 1.84 bits per heavy atom. The molecule has 4 rings (SSSR count). The first-order chi connectivity index (χ1) is 15.0. The highest BCUT2D eigenvalue weighted by Crippen LogP contribution is 2.26. The van der Waals surface area contributed by atoms with Crippen LogP contribution in [0.4, 0.5) is 5.95 Å². The number of aromatic nitrogens is 2. The fourth-order valence-corrected chi connectivity index (χ4v) is 3.91. The number of nitrogen functional groups attached to an aromatic ring is 1. The minimum atomic E-state index is -0.152. The second kappa shape index (κ2) is 9.12. The summed E-state index contributed by atoms with van der Waals surface area (Å²) in [7, 11) is 0. The topological polar surface area (TPSA) is 101 Å². The first kappa shape index (κ1) is 20.8. The Balaban J connectivity index is 1.53. The van der Waals surface area contributed by atoms with Crippen LogP contribution in [0, 0.1) is 0 Å². The summed E-state index contributed by atoms with van der Waals surface area (Å²) in [6, 6.07) is 13.8. The summed E-state index contributed by atoms with van der Waals surface area (Å²) in [5.41, 5.74) is 10.2. The maximum absolute atomic E-state index is 13.3. The fraction of sp³-hybridized carbons (Fsp3) is 0.333. The highest BCUT2D eigenvalue weighted by Gasteiger charge is 2.26. The quantitative estimate of drug-likeness (QED) is 0.615. The minimum Gasteiger partial charge on any atom is -0.368 e. The highest BCUT2D eigenvalue weighted by molar-refractivity contribution is 6.05. The van der Waals surface area contributed by atoms with Gasteiger partial charge in [0.15, 0.2) is 0 Å². The molecule has 0 radical (unpaired) electrons. The van der Waals surface area contributed by atoms with Crippen molar-refractivity contribution in [1.29, 1.82) is 0 Å². The Bertz CT molecular complexity index is 1100. The molecular weight excluding hydrogens is 390 g/mol. The molecule has 2 aromatic carbocycles. The van der Waals surface area contributed by atoms with Gasteiger partial charge in [-0.1, -0.05) is 43.7 Å². The lowest BCUT2D eigenvalue weighted by molar-refractivity contribution is -0.121. The van der Waals surface area contributed by atoms with Crippen molar-refractivity contribution >= 4 is 28.7 Å². The highest BCUT2D eigenvalue weighted by atomic mass is 16.2. The number of rotatable bonds is 7. The van der Waals surface area contributed by atoms with Crippen LogP contribution in [0.1, 0.15) is 53.4 Å². The van der Waals surface area contributed by atoms with Crippen LogP contribution in [0.25, 0.3) is 10.9 Å². The van der Waals surface area contributed by atoms with Crippen molar-refractivity contribution in [3.8, 4) is 0 Å². The molecule has 2 heterocycles. The van der Waals surface area contributed by atoms with Crippen LogP contribution in [-0.2, 0) is 24.3 Å². The van der Waals surface area contributed by atoms with Crippen molar-refractivity contribution in [3.63, 3.8) is 0 Å². The number of nitrogens with two attached hydrogens (primary N) is 1. The Morgan fingerprint density at radius 3 is 2.55 bits per heavy atom. The Hall–Kier alpha value is -3.48. The lowest BCUT2D eigenvalue weighted by Gasteiger charge is -2.16. The van der Waals surface area contributed by atoms with Crippen molar-refractivity contribution in [2.24, 2.45) is 0 Å². The predicted octanol–water partition coefficient (Wildman–Crippen LogP) is 3.22. The van der Waals surface area contributed by atoms with E-state index in [0.717, 1.165) is 29.5 Å². The molecule has 7 nitrogen and oxygen atoms in total. The van der Waals surface area contributed by atoms with Crippen molar-refractivity contribution in [2.75, 3.05) is 12.3 Å². The average molecular weight is 418 g/mol. The number of nitrogens with zero attached hydrogens (tertiary/aromatic N) is 3. The van der Waals surface area contributed by atoms with Crippen molar-refractivity contribution in [1.82, 2.24) is 20.2 Å². The summed E-state index contributed by atoms with van der Waals surface area (Å²) in [6.07, 6.45) is 3.12. The monoisotopic (exact) mass is 417 g/mol. The summed E-state index contributed by atoms with van der Waals surface area (Å²) in [4.78, 5) is 35.5. The molecule has 31 heavy (non-hydrogen) atoms. The molecule has 0 saturated heterocycles. The van der Waals surface area contributed by atoms with Crippen molar-refractivity contribution in [3.05, 3.63) is 64.8 Å². The van der Waals surface area contributed by atoms with E-state index in [-0.39, 0.29) is 17.8 Å². The average Bonchev–Trinajstić information content (AvgIpc) is 3.21. The standard InChI is InChI=1S/C24H27N5O2/c1-2-3-8-21(30)26-12-11-16-9-10-20-19(13-16)22(28-24(25)27-20)23(31)29-14-17-6-4-5-7-18(17)15-29/h4-7,9-10,13H,2-3,8,11-12,14-15H2,1H3,(H,26,30)(H2,25,27,28). The van der Waals surface area contributed by atoms with Gasteiger partial charge in [0.2, 0.25) is 11.9 Å². The molecule has 3 aromatic rings. The van der Waals surface area contributed by atoms with Crippen LogP contribution >= 0.6 is 0 Å². The summed E-state index contributed by atoms with van der Waals surface area (Å²) in [5.74, 6) is 0.00651. The van der Waals surface area contributed by atoms with Crippen molar-refractivity contribution in [2.45, 2.75) is 45.7 Å². The van der Waals surface area contributed by atoms with E-state index >= 15 is 0 Å². The Morgan fingerprint density at radius 1 is 1.10 bits per heavy atom. The van der Waals surface area contributed by atoms with Crippen LogP contribution in [0.2, 0.25) is 0 Å². The molecule has 1 aliphatic rings. The zero-order valence-electron chi connectivity index (χ0n) is 17.7. The second-order valence-corrected chi connectivity index (χ2v) is 7.92. The number of hydrogen-bond acceptors (Lipinski definition) is 5. The van der Waals surface area contributed by atoms with Gasteiger partial charge >= 0.3 is 0 Å². The van der Waals surface area contributed by atoms with E-state index in [0.29, 0.717) is 49.1 Å². The number of anilines is 1. The number of benzene rings is 2. The van der Waals surface area contributed by atoms with Crippen molar-refractivity contribution < 1.29 is 9.59 Å². The van der Waals surface area contributed by atoms with Gasteiger partial charge in [-0.3, -0.25) is 9.59 Å². The molecule has 1 aromatic heterocycles. The molecule has 0 bridgehead atoms. The van der Waals surface area contributed by atoms with Gasteiger partial charge in [-0.25, -0.2) is 9.97 Å². The first-order valence-electron chi connectivity index (χ1n) is 10.7. The Labute approximate surface area is 181 Å². The normalized spacial score (nSPS) is 12.7. The number of hydrogen-bond donors (Lipinski definition) is 2. The molecule has 0 fully saturated rings. The second-order valence-electron chi connectivity index (χ2n) is 7.92. The van der Waals surface area contributed by atoms with Crippen LogP contribution < -0.4 is 11.1 Å². The molecule has 0 unspecified atom stereocenters. The third kappa shape index (κ3) is 4.66. The summed E-state index contributed by atoms with van der Waals surface area (Å²) in [6.45, 7) is 3.74. The largest absolute Gasteiger partial charge is 0.368 e. The van der Waals surface area contributed by atoms with Crippen LogP contribution in [0.3, 0.4) is 0 Å². The van der Waals surface area contributed by atoms with E-state index in [4.69, 9.17) is 5.73 Å². The van der Waals surface area contributed by atoms with E-state index in [9.17, 15) is 9.59 Å². The van der Waals surface area contributed by atoms with E-state index in [2.05, 4.69) is 22.2 Å². The predicted molar refractivity (Wildman–Crippen MR) is 120 cm³/mol. The molecule has 3 N–H and O–H groups in total. The minimum absolute atomic E-state index is 0.0724. The van der Waals surface area contributed by atoms with Crippen LogP contribution in [0.15, 0.2) is 42.5 Å². The number of fused-ring (bicyclic) bond motifs is 2. The number of amides is 2. The third-order valence-corrected chi connectivity index (χ3v) is 5.60. The Kier molecular flexibility index (Phi) is 6.11. The van der Waals surface area contributed by atoms with E-state index < -0.39 is 0 Å². The van der Waals surface area contributed by atoms with E-state index in [1.807, 2.05) is 42.5 Å². The first-order valence-corrected chi connectivity index (χ1v) is 10.7. The maximum atomic E-state index is 13.3. The number of nitrogens with one attached hydrogen (secondary N) is 1. The summed E-state index contributed by atoms with van der Waals surface area (Å²) < 4.78 is 0. The van der Waals surface area contributed by atoms with Gasteiger partial charge in [-0.2, -0.15) is 0 Å². The molecular formula is C24H27N5O2. The van der Waals surface area contributed by atoms with Gasteiger partial charge in [0.05, 0.1) is 5.52 Å². The molecule has 1 aliphatic heterocycles. The SMILES string of the molecule is CCCCC(=O)NCCc1ccc2nc(N)nc(C(=O)N3Cc4ccccc4C3)c2c1. The summed E-state index contributed by atoms with van der Waals surface area (Å²) in [5, 5.41) is 3.64. The van der Waals surface area contributed by atoms with Gasteiger partial charge in [0, 0.05) is 31.4 Å². The molecule has 0 spiro atoms. The van der Waals surface area contributed by atoms with Gasteiger partial charge in [0.1, 0.15) is 5.69 Å². The third-order valence-electron chi connectivity index (χ3n) is 5.60. The molecule has 2 amide bonds. The zero-order valence-corrected chi connectivity index (χ0v) is 17.7. The van der Waals surface area contributed by atoms with Gasteiger partial charge in [-0.15, -0.1) is 0 Å². The summed E-state index contributed by atoms with van der Waals surface area (Å²) >= 11 is 0. The number of unbranched alkanes of at least 4 members (excludes halogenated alkanes) is 1. The maximum Gasteiger partial charge on any atom is 0.273 e. The molecule has 160 valence electrons. The van der Waals surface area contributed by atoms with Gasteiger partial charge < -0.3 is 16.0 Å². The lowest BCUT2D eigenvalue weighted by atomic mass is 10.1. The fourth-order valence-electron chi connectivity index (χ4n) is 3.91. The zero-order chi connectivity index (χ0) is 21.8. The molecule has 0 saturated carbocycles. The van der Waals surface area contributed by atoms with Crippen LogP contribution in [0.5, 0.6) is 0 Å². The molecule has 0 aliphatic carbocycles. The molecule has 0 atom stereocenters. The van der Waals surface area contributed by atoms with E-state index in [1.54, 1.807) is 4.90 Å². The number of carbonyl (C=O) groups is 2. The lowest BCUT2D eigenvalue weighted by Crippen LogP contribution is -2.27. The molecule has 7 heteroatoms. The van der Waals surface area contributed by atoms with E-state index in [1.165, 1.54) is 0 Å². The van der Waals surface area contributed by atoms with Gasteiger partial charge in [0.25, 0.3) is 5.91 Å². The van der Waals surface area contributed by atoms with Crippen LogP contribution in [-0.4, -0.2) is 33.2 Å². The smallest absolute Gasteiger partial charge is 0.273 e.